The largest absolute Gasteiger partial charge is 0.476 e. The number of para-hydroxylation sites is 1. The molecule has 4 rings (SSSR count). The zero-order valence-electron chi connectivity index (χ0n) is 22.3. The molecule has 0 unspecified atom stereocenters. The van der Waals surface area contributed by atoms with E-state index in [1.807, 2.05) is 44.3 Å². The second kappa shape index (κ2) is 12.4. The van der Waals surface area contributed by atoms with Gasteiger partial charge < -0.3 is 25.6 Å². The van der Waals surface area contributed by atoms with Crippen molar-refractivity contribution in [2.45, 2.75) is 71.4 Å². The molecule has 1 aliphatic heterocycles. The van der Waals surface area contributed by atoms with Crippen LogP contribution in [0.2, 0.25) is 0 Å². The number of hydrogen-bond donors (Lipinski definition) is 4. The smallest absolute Gasteiger partial charge is 0.355 e. The quantitative estimate of drug-likeness (QED) is 0.303. The second-order valence-corrected chi connectivity index (χ2v) is 11.7. The number of carbonyl (C=O) groups excluding carboxylic acids is 2. The van der Waals surface area contributed by atoms with Crippen LogP contribution in [0.3, 0.4) is 0 Å². The Bertz CT molecular complexity index is 1280. The molecule has 4 N–H and O–H groups in total. The fourth-order valence-electron chi connectivity index (χ4n) is 4.97. The molecular weight excluding hydrogens is 502 g/mol. The van der Waals surface area contributed by atoms with Crippen molar-refractivity contribution in [3.05, 3.63) is 51.6 Å². The summed E-state index contributed by atoms with van der Waals surface area (Å²) in [6.07, 6.45) is 6.99. The Morgan fingerprint density at radius 2 is 1.82 bits per heavy atom. The van der Waals surface area contributed by atoms with Crippen LogP contribution in [-0.4, -0.2) is 57.0 Å². The summed E-state index contributed by atoms with van der Waals surface area (Å²) in [5, 5.41) is 17.2. The molecule has 1 saturated heterocycles. The number of amides is 3. The van der Waals surface area contributed by atoms with E-state index in [1.165, 1.54) is 11.3 Å². The van der Waals surface area contributed by atoms with Gasteiger partial charge in [0.05, 0.1) is 6.04 Å². The highest BCUT2D eigenvalue weighted by molar-refractivity contribution is 7.12. The Kier molecular flexibility index (Phi) is 9.04. The van der Waals surface area contributed by atoms with Gasteiger partial charge >= 0.3 is 12.0 Å². The number of carboxylic acids is 1. The van der Waals surface area contributed by atoms with Gasteiger partial charge in [0, 0.05) is 41.5 Å². The van der Waals surface area contributed by atoms with Crippen LogP contribution in [-0.2, 0) is 11.2 Å². The molecule has 0 bridgehead atoms. The van der Waals surface area contributed by atoms with Gasteiger partial charge in [0.15, 0.2) is 5.69 Å². The molecule has 1 fully saturated rings. The molecule has 0 saturated carbocycles. The number of carboxylic acid groups (broad SMARTS) is 1. The normalized spacial score (nSPS) is 15.7. The van der Waals surface area contributed by atoms with Crippen molar-refractivity contribution >= 4 is 40.1 Å². The summed E-state index contributed by atoms with van der Waals surface area (Å²) in [5.74, 6) is -1.20. The molecule has 38 heavy (non-hydrogen) atoms. The number of nitrogens with zero attached hydrogens (tertiary/aromatic N) is 2. The maximum absolute atomic E-state index is 13.7. The van der Waals surface area contributed by atoms with Gasteiger partial charge in [-0.1, -0.05) is 44.9 Å². The summed E-state index contributed by atoms with van der Waals surface area (Å²) < 4.78 is 0. The maximum Gasteiger partial charge on any atom is 0.355 e. The first-order valence-corrected chi connectivity index (χ1v) is 14.2. The number of thiazole rings is 1. The van der Waals surface area contributed by atoms with Gasteiger partial charge in [-0.3, -0.25) is 4.79 Å². The van der Waals surface area contributed by atoms with Crippen LogP contribution in [0, 0.1) is 12.8 Å². The molecule has 9 nitrogen and oxygen atoms in total. The van der Waals surface area contributed by atoms with E-state index in [2.05, 4.69) is 20.6 Å². The van der Waals surface area contributed by atoms with Gasteiger partial charge in [0.25, 0.3) is 0 Å². The van der Waals surface area contributed by atoms with E-state index in [4.69, 9.17) is 0 Å². The Morgan fingerprint density at radius 1 is 1.11 bits per heavy atom. The van der Waals surface area contributed by atoms with E-state index < -0.39 is 18.1 Å². The van der Waals surface area contributed by atoms with Crippen molar-refractivity contribution in [2.75, 3.05) is 13.1 Å². The first-order chi connectivity index (χ1) is 18.2. The average Bonchev–Trinajstić information content (AvgIpc) is 3.35. The average molecular weight is 540 g/mol. The summed E-state index contributed by atoms with van der Waals surface area (Å²) in [6, 6.07) is 6.44. The zero-order valence-corrected chi connectivity index (χ0v) is 23.1. The van der Waals surface area contributed by atoms with Crippen molar-refractivity contribution in [3.8, 4) is 0 Å². The summed E-state index contributed by atoms with van der Waals surface area (Å²) >= 11 is 1.27. The first-order valence-electron chi connectivity index (χ1n) is 13.3. The van der Waals surface area contributed by atoms with Crippen LogP contribution in [0.15, 0.2) is 30.5 Å². The summed E-state index contributed by atoms with van der Waals surface area (Å²) in [5.41, 5.74) is 1.97. The van der Waals surface area contributed by atoms with Gasteiger partial charge in [-0.25, -0.2) is 14.6 Å². The summed E-state index contributed by atoms with van der Waals surface area (Å²) in [7, 11) is 0. The third-order valence-corrected chi connectivity index (χ3v) is 8.03. The van der Waals surface area contributed by atoms with Crippen LogP contribution in [0.25, 0.3) is 10.9 Å². The van der Waals surface area contributed by atoms with Gasteiger partial charge in [-0.05, 0) is 43.7 Å². The molecule has 0 aliphatic carbocycles. The number of aromatic carboxylic acids is 1. The topological polar surface area (TPSA) is 127 Å². The van der Waals surface area contributed by atoms with Crippen molar-refractivity contribution in [3.63, 3.8) is 0 Å². The van der Waals surface area contributed by atoms with Crippen LogP contribution in [0.5, 0.6) is 0 Å². The van der Waals surface area contributed by atoms with Crippen molar-refractivity contribution in [1.82, 2.24) is 25.5 Å². The van der Waals surface area contributed by atoms with Crippen molar-refractivity contribution < 1.29 is 19.5 Å². The predicted molar refractivity (Wildman–Crippen MR) is 149 cm³/mol. The number of hydrogen-bond acceptors (Lipinski definition) is 5. The number of aryl methyl sites for hydroxylation is 1. The molecule has 1 aliphatic rings. The first kappa shape index (κ1) is 27.6. The third-order valence-electron chi connectivity index (χ3n) is 6.94. The molecule has 1 aromatic carbocycles. The number of rotatable bonds is 9. The molecule has 0 radical (unpaired) electrons. The number of fused-ring (bicyclic) bond motifs is 1. The molecule has 2 atom stereocenters. The Labute approximate surface area is 227 Å². The lowest BCUT2D eigenvalue weighted by molar-refractivity contribution is -0.124. The van der Waals surface area contributed by atoms with Crippen LogP contribution in [0.4, 0.5) is 4.79 Å². The fraction of sp³-hybridized carbons (Fsp3) is 0.500. The monoisotopic (exact) mass is 539 g/mol. The number of aromatic nitrogens is 2. The minimum atomic E-state index is -1.09. The van der Waals surface area contributed by atoms with E-state index in [-0.39, 0.29) is 23.6 Å². The molecule has 2 aromatic heterocycles. The molecular formula is C28H37N5O4S. The highest BCUT2D eigenvalue weighted by Crippen LogP contribution is 2.29. The van der Waals surface area contributed by atoms with Gasteiger partial charge in [-0.2, -0.15) is 0 Å². The minimum Gasteiger partial charge on any atom is -0.476 e. The highest BCUT2D eigenvalue weighted by atomic mass is 32.1. The SMILES string of the molecule is Cc1sc([C@@H](Cc2c[nH]c3ccccc23)NC(=O)[C@H](CC(C)C)NC(=O)N2CCCCCC2)nc1C(=O)O. The number of benzene rings is 1. The highest BCUT2D eigenvalue weighted by Gasteiger charge is 2.29. The molecule has 3 aromatic rings. The number of H-pyrrole nitrogens is 1. The zero-order chi connectivity index (χ0) is 27.2. The second-order valence-electron chi connectivity index (χ2n) is 10.4. The van der Waals surface area contributed by atoms with Crippen LogP contribution in [0.1, 0.15) is 77.9 Å². The fourth-order valence-corrected chi connectivity index (χ4v) is 5.94. The van der Waals surface area contributed by atoms with Crippen LogP contribution >= 0.6 is 11.3 Å². The minimum absolute atomic E-state index is 0.00336. The Hall–Kier alpha value is -3.40. The van der Waals surface area contributed by atoms with E-state index in [0.29, 0.717) is 35.8 Å². The summed E-state index contributed by atoms with van der Waals surface area (Å²) in [6.45, 7) is 7.15. The van der Waals surface area contributed by atoms with E-state index in [9.17, 15) is 19.5 Å². The van der Waals surface area contributed by atoms with E-state index >= 15 is 0 Å². The number of aromatic amines is 1. The maximum atomic E-state index is 13.7. The van der Waals surface area contributed by atoms with Crippen molar-refractivity contribution in [2.24, 2.45) is 5.92 Å². The number of likely N-dealkylation sites (tertiary alicyclic amines) is 1. The van der Waals surface area contributed by atoms with E-state index in [1.54, 1.807) is 11.8 Å². The lowest BCUT2D eigenvalue weighted by atomic mass is 10.0. The predicted octanol–water partition coefficient (Wildman–Crippen LogP) is 5.03. The van der Waals surface area contributed by atoms with Gasteiger partial charge in [0.1, 0.15) is 11.0 Å². The lowest BCUT2D eigenvalue weighted by Crippen LogP contribution is -2.52. The van der Waals surface area contributed by atoms with Gasteiger partial charge in [0.2, 0.25) is 5.91 Å². The Balaban J connectivity index is 1.59. The van der Waals surface area contributed by atoms with Crippen LogP contribution < -0.4 is 10.6 Å². The standard InChI is InChI=1S/C28H37N5O4S/c1-17(2)14-22(31-28(37)33-12-8-4-5-9-13-33)25(34)30-23(26-32-24(27(35)36)18(3)38-26)15-19-16-29-21-11-7-6-10-20(19)21/h6-7,10-11,16-17,22-23,29H,4-5,8-9,12-15H2,1-3H3,(H,30,34)(H,31,37)(H,35,36)/t22-,23+/m0/s1. The number of urea groups is 1. The Morgan fingerprint density at radius 3 is 2.47 bits per heavy atom. The molecule has 3 heterocycles. The summed E-state index contributed by atoms with van der Waals surface area (Å²) in [4.78, 5) is 48.5. The van der Waals surface area contributed by atoms with Gasteiger partial charge in [-0.15, -0.1) is 11.3 Å². The third kappa shape index (κ3) is 6.72. The van der Waals surface area contributed by atoms with E-state index in [0.717, 1.165) is 42.1 Å². The molecule has 3 amide bonds. The lowest BCUT2D eigenvalue weighted by Gasteiger charge is -2.27. The van der Waals surface area contributed by atoms with Crippen molar-refractivity contribution in [1.29, 1.82) is 0 Å². The number of carbonyl (C=O) groups is 3. The molecule has 10 heteroatoms. The number of nitrogens with one attached hydrogen (secondary N) is 3. The molecule has 0 spiro atoms. The molecule has 204 valence electrons.